The highest BCUT2D eigenvalue weighted by Crippen LogP contribution is 2.32. The molecule has 1 amide bonds. The number of carbonyl (C=O) groups is 1. The predicted octanol–water partition coefficient (Wildman–Crippen LogP) is 5.06. The van der Waals surface area contributed by atoms with Crippen molar-refractivity contribution in [3.05, 3.63) is 78.8 Å². The molecule has 1 saturated heterocycles. The fraction of sp³-hybridized carbons (Fsp3) is 0.267. The normalized spacial score (nSPS) is 14.6. The van der Waals surface area contributed by atoms with Crippen LogP contribution in [0.1, 0.15) is 12.0 Å². The molecule has 0 radical (unpaired) electrons. The topological polar surface area (TPSA) is 77.2 Å². The van der Waals surface area contributed by atoms with Crippen molar-refractivity contribution in [2.75, 3.05) is 39.9 Å². The van der Waals surface area contributed by atoms with Gasteiger partial charge in [0, 0.05) is 80.5 Å². The summed E-state index contributed by atoms with van der Waals surface area (Å²) in [5.41, 5.74) is 7.89. The quantitative estimate of drug-likeness (QED) is 0.332. The molecule has 0 saturated carbocycles. The number of benzene rings is 2. The number of pyridine rings is 1. The van der Waals surface area contributed by atoms with E-state index in [-0.39, 0.29) is 5.91 Å². The summed E-state index contributed by atoms with van der Waals surface area (Å²) in [6.45, 7) is 4.73. The van der Waals surface area contributed by atoms with Crippen molar-refractivity contribution in [1.29, 1.82) is 0 Å². The van der Waals surface area contributed by atoms with Gasteiger partial charge in [0.25, 0.3) is 0 Å². The lowest BCUT2D eigenvalue weighted by Crippen LogP contribution is -2.48. The van der Waals surface area contributed by atoms with Gasteiger partial charge in [0.15, 0.2) is 0 Å². The number of methoxy groups -OCH3 is 1. The largest absolute Gasteiger partial charge is 0.384 e. The zero-order chi connectivity index (χ0) is 25.2. The zero-order valence-corrected chi connectivity index (χ0v) is 21.0. The molecule has 5 aromatic rings. The highest BCUT2D eigenvalue weighted by atomic mass is 16.5. The van der Waals surface area contributed by atoms with Gasteiger partial charge in [-0.1, -0.05) is 30.3 Å². The lowest BCUT2D eigenvalue weighted by molar-refractivity contribution is -0.133. The number of ether oxygens (including phenoxy) is 1. The molecule has 2 N–H and O–H groups in total. The number of rotatable bonds is 7. The Morgan fingerprint density at radius 3 is 2.57 bits per heavy atom. The number of amides is 1. The van der Waals surface area contributed by atoms with E-state index in [2.05, 4.69) is 69.5 Å². The first-order valence-corrected chi connectivity index (χ1v) is 12.8. The fourth-order valence-corrected chi connectivity index (χ4v) is 5.18. The number of piperazine rings is 1. The molecule has 0 aliphatic carbocycles. The molecule has 6 rings (SSSR count). The first kappa shape index (κ1) is 23.5. The van der Waals surface area contributed by atoms with Crippen LogP contribution in [0.2, 0.25) is 0 Å². The zero-order valence-electron chi connectivity index (χ0n) is 21.0. The Morgan fingerprint density at radius 1 is 0.946 bits per heavy atom. The first-order chi connectivity index (χ1) is 18.2. The van der Waals surface area contributed by atoms with Crippen LogP contribution in [0.25, 0.3) is 44.2 Å². The Kier molecular flexibility index (Phi) is 6.47. The first-order valence-electron chi connectivity index (χ1n) is 12.8. The lowest BCUT2D eigenvalue weighted by Gasteiger charge is -2.34. The number of fused-ring (bicyclic) bond motifs is 2. The molecule has 7 heteroatoms. The maximum Gasteiger partial charge on any atom is 0.224 e. The average molecular weight is 494 g/mol. The summed E-state index contributed by atoms with van der Waals surface area (Å²) in [6, 6.07) is 19.6. The summed E-state index contributed by atoms with van der Waals surface area (Å²) >= 11 is 0. The summed E-state index contributed by atoms with van der Waals surface area (Å²) in [5.74, 6) is 0.187. The highest BCUT2D eigenvalue weighted by molar-refractivity contribution is 5.98. The maximum absolute atomic E-state index is 12.2. The van der Waals surface area contributed by atoms with Crippen LogP contribution in [0.15, 0.2) is 73.2 Å². The van der Waals surface area contributed by atoms with Crippen molar-refractivity contribution in [2.24, 2.45) is 0 Å². The van der Waals surface area contributed by atoms with Crippen LogP contribution in [0.4, 0.5) is 0 Å². The Balaban J connectivity index is 1.15. The van der Waals surface area contributed by atoms with Crippen LogP contribution in [-0.4, -0.2) is 70.6 Å². The smallest absolute Gasteiger partial charge is 0.224 e. The molecule has 188 valence electrons. The Morgan fingerprint density at radius 2 is 1.76 bits per heavy atom. The minimum absolute atomic E-state index is 0.187. The Bertz CT molecular complexity index is 1530. The molecule has 1 aliphatic rings. The van der Waals surface area contributed by atoms with Crippen LogP contribution < -0.4 is 0 Å². The number of nitrogens with one attached hydrogen (secondary N) is 2. The van der Waals surface area contributed by atoms with E-state index in [1.807, 2.05) is 23.5 Å². The number of hydrogen-bond donors (Lipinski definition) is 2. The molecule has 3 aromatic heterocycles. The number of nitrogens with zero attached hydrogens (tertiary/aromatic N) is 3. The van der Waals surface area contributed by atoms with E-state index < -0.39 is 0 Å². The van der Waals surface area contributed by atoms with Crippen LogP contribution in [-0.2, 0) is 16.1 Å². The number of aromatic nitrogens is 3. The number of aromatic amines is 2. The van der Waals surface area contributed by atoms with Crippen molar-refractivity contribution >= 4 is 27.8 Å². The van der Waals surface area contributed by atoms with Gasteiger partial charge in [0.05, 0.1) is 13.0 Å². The number of carbonyl (C=O) groups excluding carboxylic acids is 1. The summed E-state index contributed by atoms with van der Waals surface area (Å²) in [4.78, 5) is 27.9. The minimum atomic E-state index is 0.187. The molecule has 37 heavy (non-hydrogen) atoms. The van der Waals surface area contributed by atoms with Gasteiger partial charge in [-0.3, -0.25) is 9.69 Å². The maximum atomic E-state index is 12.2. The number of H-pyrrole nitrogens is 2. The van der Waals surface area contributed by atoms with Gasteiger partial charge >= 0.3 is 0 Å². The molecule has 7 nitrogen and oxygen atoms in total. The van der Waals surface area contributed by atoms with Crippen molar-refractivity contribution in [2.45, 2.75) is 13.0 Å². The molecule has 0 bridgehead atoms. The van der Waals surface area contributed by atoms with Gasteiger partial charge < -0.3 is 19.6 Å². The molecule has 1 fully saturated rings. The second kappa shape index (κ2) is 10.2. The summed E-state index contributed by atoms with van der Waals surface area (Å²) in [5, 5.41) is 2.32. The minimum Gasteiger partial charge on any atom is -0.384 e. The van der Waals surface area contributed by atoms with Gasteiger partial charge in [0.1, 0.15) is 5.65 Å². The van der Waals surface area contributed by atoms with E-state index in [4.69, 9.17) is 9.72 Å². The SMILES string of the molecule is COCCC(=O)N1CCN(Cc2ccc(-c3cnc4[nH]cc(-c5ccc6[nH]ccc6c5)c4c3)cc2)CC1. The van der Waals surface area contributed by atoms with Crippen LogP contribution >= 0.6 is 0 Å². The highest BCUT2D eigenvalue weighted by Gasteiger charge is 2.20. The monoisotopic (exact) mass is 493 g/mol. The van der Waals surface area contributed by atoms with E-state index in [0.29, 0.717) is 13.0 Å². The van der Waals surface area contributed by atoms with E-state index in [0.717, 1.165) is 66.0 Å². The van der Waals surface area contributed by atoms with E-state index in [9.17, 15) is 4.79 Å². The molecule has 0 spiro atoms. The predicted molar refractivity (Wildman–Crippen MR) is 147 cm³/mol. The van der Waals surface area contributed by atoms with Crippen molar-refractivity contribution < 1.29 is 9.53 Å². The molecule has 0 unspecified atom stereocenters. The van der Waals surface area contributed by atoms with Crippen LogP contribution in [0.3, 0.4) is 0 Å². The summed E-state index contributed by atoms with van der Waals surface area (Å²) in [7, 11) is 1.63. The van der Waals surface area contributed by atoms with Crippen molar-refractivity contribution in [1.82, 2.24) is 24.8 Å². The molecule has 4 heterocycles. The molecule has 2 aromatic carbocycles. The molecular formula is C30H31N5O2. The molecule has 0 atom stereocenters. The Hall–Kier alpha value is -3.94. The van der Waals surface area contributed by atoms with Gasteiger partial charge in [-0.15, -0.1) is 0 Å². The third kappa shape index (κ3) is 4.88. The summed E-state index contributed by atoms with van der Waals surface area (Å²) < 4.78 is 5.03. The third-order valence-electron chi connectivity index (χ3n) is 7.33. The second-order valence-corrected chi connectivity index (χ2v) is 9.70. The van der Waals surface area contributed by atoms with Crippen molar-refractivity contribution in [3.8, 4) is 22.3 Å². The van der Waals surface area contributed by atoms with Crippen LogP contribution in [0.5, 0.6) is 0 Å². The van der Waals surface area contributed by atoms with E-state index >= 15 is 0 Å². The standard InChI is InChI=1S/C30H31N5O2/c1-37-15-9-29(36)35-13-11-34(12-14-35)20-21-2-4-22(5-3-21)25-17-26-27(19-33-30(26)32-18-25)23-6-7-28-24(16-23)8-10-31-28/h2-8,10,16-19,31H,9,11-15,20H2,1H3,(H,32,33). The lowest BCUT2D eigenvalue weighted by atomic mass is 10.0. The average Bonchev–Trinajstić information content (AvgIpc) is 3.59. The van der Waals surface area contributed by atoms with Gasteiger partial charge in [-0.2, -0.15) is 0 Å². The van der Waals surface area contributed by atoms with Crippen LogP contribution in [0, 0.1) is 0 Å². The third-order valence-corrected chi connectivity index (χ3v) is 7.33. The Labute approximate surface area is 216 Å². The van der Waals surface area contributed by atoms with Gasteiger partial charge in [-0.05, 0) is 46.3 Å². The van der Waals surface area contributed by atoms with Gasteiger partial charge in [0.2, 0.25) is 5.91 Å². The fourth-order valence-electron chi connectivity index (χ4n) is 5.18. The van der Waals surface area contributed by atoms with Crippen molar-refractivity contribution in [3.63, 3.8) is 0 Å². The van der Waals surface area contributed by atoms with E-state index in [1.165, 1.54) is 16.5 Å². The summed E-state index contributed by atoms with van der Waals surface area (Å²) in [6.07, 6.45) is 6.42. The van der Waals surface area contributed by atoms with E-state index in [1.54, 1.807) is 7.11 Å². The second-order valence-electron chi connectivity index (χ2n) is 9.70. The van der Waals surface area contributed by atoms with Gasteiger partial charge in [-0.25, -0.2) is 4.98 Å². The number of hydrogen-bond acceptors (Lipinski definition) is 4. The molecule has 1 aliphatic heterocycles. The molecular weight excluding hydrogens is 462 g/mol.